The van der Waals surface area contributed by atoms with Crippen molar-refractivity contribution in [2.75, 3.05) is 26.2 Å². The van der Waals surface area contributed by atoms with Crippen molar-refractivity contribution in [1.82, 2.24) is 19.7 Å². The van der Waals surface area contributed by atoms with Crippen LogP contribution in [0, 0.1) is 11.8 Å². The van der Waals surface area contributed by atoms with Gasteiger partial charge in [0.25, 0.3) is 11.5 Å². The second kappa shape index (κ2) is 8.15. The molecular formula is C22H32N4O4. The molecule has 1 aromatic rings. The second-order valence-corrected chi connectivity index (χ2v) is 9.57. The highest BCUT2D eigenvalue weighted by atomic mass is 16.3. The third-order valence-corrected chi connectivity index (χ3v) is 6.58. The fourth-order valence-corrected chi connectivity index (χ4v) is 5.15. The number of hydrogen-bond acceptors (Lipinski definition) is 5. The Hall–Kier alpha value is -2.19. The van der Waals surface area contributed by atoms with Gasteiger partial charge in [0.05, 0.1) is 6.54 Å². The lowest BCUT2D eigenvalue weighted by molar-refractivity contribution is -0.145. The predicted molar refractivity (Wildman–Crippen MR) is 112 cm³/mol. The number of pyridine rings is 1. The molecule has 2 fully saturated rings. The third kappa shape index (κ3) is 4.03. The van der Waals surface area contributed by atoms with Crippen LogP contribution in [0.15, 0.2) is 16.9 Å². The molecule has 30 heavy (non-hydrogen) atoms. The van der Waals surface area contributed by atoms with Crippen molar-refractivity contribution in [2.45, 2.75) is 58.3 Å². The van der Waals surface area contributed by atoms with Gasteiger partial charge < -0.3 is 19.9 Å². The highest BCUT2D eigenvalue weighted by Crippen LogP contribution is 2.35. The highest BCUT2D eigenvalue weighted by molar-refractivity contribution is 5.81. The van der Waals surface area contributed by atoms with Crippen molar-refractivity contribution in [3.63, 3.8) is 0 Å². The summed E-state index contributed by atoms with van der Waals surface area (Å²) < 4.78 is 1.88. The zero-order valence-electron chi connectivity index (χ0n) is 18.0. The molecule has 8 nitrogen and oxygen atoms in total. The molecule has 0 spiro atoms. The fraction of sp³-hybridized carbons (Fsp3) is 0.682. The first-order valence-corrected chi connectivity index (χ1v) is 10.9. The monoisotopic (exact) mass is 416 g/mol. The number of amides is 2. The molecule has 0 unspecified atom stereocenters. The molecule has 2 N–H and O–H groups in total. The van der Waals surface area contributed by atoms with E-state index in [0.717, 1.165) is 18.7 Å². The SMILES string of the molecule is CC(C)[C@@H](O)C(=O)N1C[C@@H]2C[C@H](C1)c1ccc(CN3CC(=O)N[C@@H](C)C3)c(=O)n1C2. The minimum Gasteiger partial charge on any atom is -0.383 e. The fourth-order valence-electron chi connectivity index (χ4n) is 5.15. The first kappa shape index (κ1) is 21.1. The second-order valence-electron chi connectivity index (χ2n) is 9.57. The van der Waals surface area contributed by atoms with Crippen LogP contribution in [0.25, 0.3) is 0 Å². The standard InChI is InChI=1S/C22H32N4O4/c1-13(2)20(28)22(30)25-8-15-6-17(11-25)18-5-4-16(21(29)26(18)9-15)10-24-7-14(3)23-19(27)12-24/h4-5,13-15,17,20,28H,6-12H2,1-3H3,(H,23,27)/t14-,15-,17+,20+/m0/s1. The lowest BCUT2D eigenvalue weighted by atomic mass is 9.82. The van der Waals surface area contributed by atoms with E-state index in [0.29, 0.717) is 38.3 Å². The summed E-state index contributed by atoms with van der Waals surface area (Å²) in [5.41, 5.74) is 1.70. The van der Waals surface area contributed by atoms with Crippen LogP contribution in [0.1, 0.15) is 44.4 Å². The number of hydrogen-bond donors (Lipinski definition) is 2. The van der Waals surface area contributed by atoms with Gasteiger partial charge in [0.2, 0.25) is 5.91 Å². The Balaban J connectivity index is 1.53. The van der Waals surface area contributed by atoms with E-state index in [-0.39, 0.29) is 41.2 Å². The van der Waals surface area contributed by atoms with Crippen LogP contribution >= 0.6 is 0 Å². The normalized spacial score (nSPS) is 27.6. The minimum absolute atomic E-state index is 0.00492. The quantitative estimate of drug-likeness (QED) is 0.728. The number of carbonyl (C=O) groups is 2. The van der Waals surface area contributed by atoms with E-state index in [4.69, 9.17) is 0 Å². The van der Waals surface area contributed by atoms with Crippen molar-refractivity contribution in [3.05, 3.63) is 33.7 Å². The summed E-state index contributed by atoms with van der Waals surface area (Å²) in [4.78, 5) is 41.5. The molecule has 2 amide bonds. The summed E-state index contributed by atoms with van der Waals surface area (Å²) >= 11 is 0. The smallest absolute Gasteiger partial charge is 0.255 e. The van der Waals surface area contributed by atoms with E-state index >= 15 is 0 Å². The molecule has 8 heteroatoms. The summed E-state index contributed by atoms with van der Waals surface area (Å²) in [6.45, 7) is 8.88. The Morgan fingerprint density at radius 1 is 1.20 bits per heavy atom. The molecule has 4 atom stereocenters. The van der Waals surface area contributed by atoms with Crippen LogP contribution in [0.2, 0.25) is 0 Å². The molecule has 0 radical (unpaired) electrons. The largest absolute Gasteiger partial charge is 0.383 e. The van der Waals surface area contributed by atoms with Crippen molar-refractivity contribution in [2.24, 2.45) is 11.8 Å². The van der Waals surface area contributed by atoms with E-state index in [1.807, 2.05) is 42.4 Å². The van der Waals surface area contributed by atoms with Crippen LogP contribution in [0.4, 0.5) is 0 Å². The van der Waals surface area contributed by atoms with Gasteiger partial charge in [-0.05, 0) is 31.2 Å². The van der Waals surface area contributed by atoms with E-state index in [9.17, 15) is 19.5 Å². The molecule has 4 rings (SSSR count). The van der Waals surface area contributed by atoms with Crippen LogP contribution < -0.4 is 10.9 Å². The predicted octanol–water partition coefficient (Wildman–Crippen LogP) is 0.131. The summed E-state index contributed by atoms with van der Waals surface area (Å²) in [5, 5.41) is 13.1. The number of nitrogens with one attached hydrogen (secondary N) is 1. The van der Waals surface area contributed by atoms with Gasteiger partial charge in [-0.15, -0.1) is 0 Å². The number of piperidine rings is 1. The van der Waals surface area contributed by atoms with E-state index in [1.54, 1.807) is 4.90 Å². The summed E-state index contributed by atoms with van der Waals surface area (Å²) in [6.07, 6.45) is -0.0121. The maximum atomic E-state index is 13.2. The molecular weight excluding hydrogens is 384 g/mol. The highest BCUT2D eigenvalue weighted by Gasteiger charge is 2.38. The van der Waals surface area contributed by atoms with Gasteiger partial charge in [0, 0.05) is 55.9 Å². The third-order valence-electron chi connectivity index (χ3n) is 6.58. The Labute approximate surface area is 176 Å². The van der Waals surface area contributed by atoms with Gasteiger partial charge in [-0.1, -0.05) is 19.9 Å². The van der Waals surface area contributed by atoms with Gasteiger partial charge in [-0.2, -0.15) is 0 Å². The topological polar surface area (TPSA) is 94.9 Å². The van der Waals surface area contributed by atoms with Gasteiger partial charge in [-0.25, -0.2) is 0 Å². The van der Waals surface area contributed by atoms with Crippen LogP contribution in [-0.2, 0) is 22.7 Å². The van der Waals surface area contributed by atoms with E-state index < -0.39 is 6.10 Å². The Bertz CT molecular complexity index is 896. The van der Waals surface area contributed by atoms with Crippen molar-refractivity contribution < 1.29 is 14.7 Å². The number of carbonyl (C=O) groups excluding carboxylic acids is 2. The summed E-state index contributed by atoms with van der Waals surface area (Å²) in [5.74, 6) is 0.00673. The van der Waals surface area contributed by atoms with Crippen molar-refractivity contribution >= 4 is 11.8 Å². The zero-order valence-corrected chi connectivity index (χ0v) is 18.0. The van der Waals surface area contributed by atoms with Crippen LogP contribution in [-0.4, -0.2) is 69.6 Å². The van der Waals surface area contributed by atoms with Crippen LogP contribution in [0.5, 0.6) is 0 Å². The van der Waals surface area contributed by atoms with Gasteiger partial charge in [0.15, 0.2) is 0 Å². The molecule has 0 aromatic carbocycles. The van der Waals surface area contributed by atoms with Crippen molar-refractivity contribution in [1.29, 1.82) is 0 Å². The number of aromatic nitrogens is 1. The maximum absolute atomic E-state index is 13.2. The van der Waals surface area contributed by atoms with E-state index in [2.05, 4.69) is 5.32 Å². The molecule has 0 aliphatic carbocycles. The number of aliphatic hydroxyl groups is 1. The maximum Gasteiger partial charge on any atom is 0.255 e. The average molecular weight is 417 g/mol. The average Bonchev–Trinajstić information content (AvgIpc) is 2.68. The van der Waals surface area contributed by atoms with Gasteiger partial charge in [0.1, 0.15) is 6.10 Å². The first-order chi connectivity index (χ1) is 14.2. The molecule has 2 bridgehead atoms. The van der Waals surface area contributed by atoms with Gasteiger partial charge in [-0.3, -0.25) is 19.3 Å². The lowest BCUT2D eigenvalue weighted by Crippen LogP contribution is -2.53. The molecule has 1 aromatic heterocycles. The molecule has 3 aliphatic rings. The van der Waals surface area contributed by atoms with Crippen LogP contribution in [0.3, 0.4) is 0 Å². The number of rotatable bonds is 4. The number of nitrogens with zero attached hydrogens (tertiary/aromatic N) is 3. The zero-order chi connectivity index (χ0) is 21.6. The van der Waals surface area contributed by atoms with E-state index in [1.165, 1.54) is 0 Å². The number of aliphatic hydroxyl groups excluding tert-OH is 1. The molecule has 3 aliphatic heterocycles. The van der Waals surface area contributed by atoms with Gasteiger partial charge >= 0.3 is 0 Å². The minimum atomic E-state index is -0.975. The Morgan fingerprint density at radius 2 is 1.97 bits per heavy atom. The first-order valence-electron chi connectivity index (χ1n) is 10.9. The summed E-state index contributed by atoms with van der Waals surface area (Å²) in [6, 6.07) is 3.98. The Morgan fingerprint density at radius 3 is 2.67 bits per heavy atom. The molecule has 164 valence electrons. The summed E-state index contributed by atoms with van der Waals surface area (Å²) in [7, 11) is 0. The number of likely N-dealkylation sites (tertiary alicyclic amines) is 1. The lowest BCUT2D eigenvalue weighted by Gasteiger charge is -2.43. The molecule has 4 heterocycles. The molecule has 2 saturated heterocycles. The molecule has 0 saturated carbocycles. The van der Waals surface area contributed by atoms with Crippen molar-refractivity contribution in [3.8, 4) is 0 Å². The number of fused-ring (bicyclic) bond motifs is 4. The number of piperazine rings is 1. The Kier molecular flexibility index (Phi) is 5.72.